The number of aliphatic hydroxyl groups excluding tert-OH is 1. The van der Waals surface area contributed by atoms with E-state index in [4.69, 9.17) is 4.74 Å². The normalized spacial score (nSPS) is 32.1. The minimum absolute atomic E-state index is 0.186. The van der Waals surface area contributed by atoms with E-state index in [0.29, 0.717) is 6.42 Å². The van der Waals surface area contributed by atoms with Gasteiger partial charge in [0.2, 0.25) is 0 Å². The lowest BCUT2D eigenvalue weighted by atomic mass is 9.82. The Kier molecular flexibility index (Phi) is 2.83. The Morgan fingerprint density at radius 2 is 2.28 bits per heavy atom. The smallest absolute Gasteiger partial charge is 0.126 e. The Bertz CT molecular complexity index is 460. The van der Waals surface area contributed by atoms with Crippen molar-refractivity contribution in [3.8, 4) is 5.75 Å². The Hall–Kier alpha value is -1.06. The molecule has 1 fully saturated rings. The largest absolute Gasteiger partial charge is 0.485 e. The molecule has 1 saturated heterocycles. The van der Waals surface area contributed by atoms with Gasteiger partial charge in [-0.15, -0.1) is 0 Å². The summed E-state index contributed by atoms with van der Waals surface area (Å²) in [6.07, 6.45) is 2.51. The van der Waals surface area contributed by atoms with Crippen molar-refractivity contribution in [2.75, 3.05) is 20.1 Å². The standard InChI is InChI=1S/C15H21NO2/c1-11-4-5-14-12(8-11)13(17)9-15(18-14)6-3-7-16(2)10-15/h4-5,8,13,17H,3,6-7,9-10H2,1-2H3/t13-,15?/m1/s1. The number of fused-ring (bicyclic) bond motifs is 1. The van der Waals surface area contributed by atoms with E-state index >= 15 is 0 Å². The lowest BCUT2D eigenvalue weighted by Crippen LogP contribution is -2.52. The molecule has 2 atom stereocenters. The Morgan fingerprint density at radius 3 is 3.06 bits per heavy atom. The summed E-state index contributed by atoms with van der Waals surface area (Å²) in [5, 5.41) is 10.4. The lowest BCUT2D eigenvalue weighted by molar-refractivity contribution is -0.0554. The summed E-state index contributed by atoms with van der Waals surface area (Å²) in [6.45, 7) is 4.09. The fourth-order valence-electron chi connectivity index (χ4n) is 3.33. The number of benzene rings is 1. The molecule has 0 amide bonds. The molecule has 1 aromatic carbocycles. The highest BCUT2D eigenvalue weighted by molar-refractivity contribution is 5.41. The van der Waals surface area contributed by atoms with Crippen LogP contribution in [-0.2, 0) is 0 Å². The average Bonchev–Trinajstić information content (AvgIpc) is 2.30. The minimum Gasteiger partial charge on any atom is -0.485 e. The van der Waals surface area contributed by atoms with E-state index < -0.39 is 0 Å². The molecule has 0 aliphatic carbocycles. The summed E-state index contributed by atoms with van der Waals surface area (Å²) < 4.78 is 6.25. The molecule has 2 heterocycles. The van der Waals surface area contributed by atoms with Crippen molar-refractivity contribution in [1.82, 2.24) is 4.90 Å². The van der Waals surface area contributed by atoms with Crippen LogP contribution >= 0.6 is 0 Å². The summed E-state index contributed by atoms with van der Waals surface area (Å²) in [6, 6.07) is 6.10. The van der Waals surface area contributed by atoms with Gasteiger partial charge in [0.15, 0.2) is 0 Å². The predicted molar refractivity (Wildman–Crippen MR) is 70.8 cm³/mol. The summed E-state index contributed by atoms with van der Waals surface area (Å²) in [5.41, 5.74) is 1.94. The van der Waals surface area contributed by atoms with Crippen LogP contribution in [-0.4, -0.2) is 35.7 Å². The van der Waals surface area contributed by atoms with Gasteiger partial charge in [-0.05, 0) is 45.5 Å². The van der Waals surface area contributed by atoms with Gasteiger partial charge in [-0.1, -0.05) is 11.6 Å². The second-order valence-corrected chi connectivity index (χ2v) is 5.89. The van der Waals surface area contributed by atoms with Crippen LogP contribution in [0, 0.1) is 6.92 Å². The second-order valence-electron chi connectivity index (χ2n) is 5.89. The first-order chi connectivity index (χ1) is 8.58. The molecule has 1 unspecified atom stereocenters. The van der Waals surface area contributed by atoms with Crippen LogP contribution in [0.4, 0.5) is 0 Å². The van der Waals surface area contributed by atoms with Crippen LogP contribution in [0.5, 0.6) is 5.75 Å². The van der Waals surface area contributed by atoms with Gasteiger partial charge in [-0.3, -0.25) is 0 Å². The number of aliphatic hydroxyl groups is 1. The first-order valence-electron chi connectivity index (χ1n) is 6.74. The maximum Gasteiger partial charge on any atom is 0.126 e. The quantitative estimate of drug-likeness (QED) is 0.763. The highest BCUT2D eigenvalue weighted by atomic mass is 16.5. The third kappa shape index (κ3) is 2.02. The van der Waals surface area contributed by atoms with Crippen LogP contribution in [0.15, 0.2) is 18.2 Å². The highest BCUT2D eigenvalue weighted by Gasteiger charge is 2.42. The number of aryl methyl sites for hydroxylation is 1. The maximum absolute atomic E-state index is 10.4. The molecule has 0 bridgehead atoms. The minimum atomic E-state index is -0.389. The third-order valence-electron chi connectivity index (χ3n) is 4.15. The Labute approximate surface area is 108 Å². The molecule has 1 N–H and O–H groups in total. The van der Waals surface area contributed by atoms with Gasteiger partial charge in [0.05, 0.1) is 6.10 Å². The van der Waals surface area contributed by atoms with Crippen LogP contribution in [0.1, 0.15) is 36.5 Å². The van der Waals surface area contributed by atoms with Gasteiger partial charge >= 0.3 is 0 Å². The number of ether oxygens (including phenoxy) is 1. The second kappa shape index (κ2) is 4.25. The number of nitrogens with zero attached hydrogens (tertiary/aromatic N) is 1. The third-order valence-corrected chi connectivity index (χ3v) is 4.15. The molecular weight excluding hydrogens is 226 g/mol. The van der Waals surface area contributed by atoms with Gasteiger partial charge in [-0.2, -0.15) is 0 Å². The van der Waals surface area contributed by atoms with Crippen LogP contribution < -0.4 is 4.74 Å². The van der Waals surface area contributed by atoms with Crippen molar-refractivity contribution in [2.45, 2.75) is 37.9 Å². The zero-order valence-corrected chi connectivity index (χ0v) is 11.1. The Balaban J connectivity index is 1.93. The van der Waals surface area contributed by atoms with Crippen molar-refractivity contribution < 1.29 is 9.84 Å². The fourth-order valence-corrected chi connectivity index (χ4v) is 3.33. The topological polar surface area (TPSA) is 32.7 Å². The van der Waals surface area contributed by atoms with E-state index in [1.165, 1.54) is 5.56 Å². The van der Waals surface area contributed by atoms with Gasteiger partial charge in [0.1, 0.15) is 11.4 Å². The average molecular weight is 247 g/mol. The number of likely N-dealkylation sites (tertiary alicyclic amines) is 1. The number of rotatable bonds is 0. The molecular formula is C15H21NO2. The van der Waals surface area contributed by atoms with Gasteiger partial charge in [0.25, 0.3) is 0 Å². The van der Waals surface area contributed by atoms with Crippen molar-refractivity contribution in [2.24, 2.45) is 0 Å². The van der Waals surface area contributed by atoms with Crippen molar-refractivity contribution >= 4 is 0 Å². The Morgan fingerprint density at radius 1 is 1.44 bits per heavy atom. The lowest BCUT2D eigenvalue weighted by Gasteiger charge is -2.46. The van der Waals surface area contributed by atoms with E-state index in [1.54, 1.807) is 0 Å². The predicted octanol–water partition coefficient (Wildman–Crippen LogP) is 2.28. The first kappa shape index (κ1) is 12.0. The van der Waals surface area contributed by atoms with Gasteiger partial charge < -0.3 is 14.7 Å². The highest BCUT2D eigenvalue weighted by Crippen LogP contribution is 2.43. The molecule has 18 heavy (non-hydrogen) atoms. The summed E-state index contributed by atoms with van der Waals surface area (Å²) in [5.74, 6) is 0.870. The van der Waals surface area contributed by atoms with Crippen LogP contribution in [0.3, 0.4) is 0 Å². The number of hydrogen-bond acceptors (Lipinski definition) is 3. The van der Waals surface area contributed by atoms with Crippen LogP contribution in [0.25, 0.3) is 0 Å². The molecule has 3 rings (SSSR count). The fraction of sp³-hybridized carbons (Fsp3) is 0.600. The summed E-state index contributed by atoms with van der Waals surface area (Å²) in [4.78, 5) is 2.30. The summed E-state index contributed by atoms with van der Waals surface area (Å²) >= 11 is 0. The van der Waals surface area contributed by atoms with E-state index in [1.807, 2.05) is 19.1 Å². The zero-order chi connectivity index (χ0) is 12.8. The van der Waals surface area contributed by atoms with E-state index in [2.05, 4.69) is 18.0 Å². The number of likely N-dealkylation sites (N-methyl/N-ethyl adjacent to an activating group) is 1. The van der Waals surface area contributed by atoms with Crippen LogP contribution in [0.2, 0.25) is 0 Å². The molecule has 98 valence electrons. The molecule has 3 heteroatoms. The van der Waals surface area contributed by atoms with Crippen molar-refractivity contribution in [3.05, 3.63) is 29.3 Å². The molecule has 0 saturated carbocycles. The van der Waals surface area contributed by atoms with E-state index in [-0.39, 0.29) is 11.7 Å². The van der Waals surface area contributed by atoms with Crippen molar-refractivity contribution in [1.29, 1.82) is 0 Å². The molecule has 1 spiro atoms. The summed E-state index contributed by atoms with van der Waals surface area (Å²) in [7, 11) is 2.13. The molecule has 2 aliphatic rings. The number of piperidine rings is 1. The molecule has 3 nitrogen and oxygen atoms in total. The van der Waals surface area contributed by atoms with Crippen molar-refractivity contribution in [3.63, 3.8) is 0 Å². The monoisotopic (exact) mass is 247 g/mol. The van der Waals surface area contributed by atoms with E-state index in [0.717, 1.165) is 37.2 Å². The zero-order valence-electron chi connectivity index (χ0n) is 11.1. The molecule has 1 aromatic rings. The van der Waals surface area contributed by atoms with E-state index in [9.17, 15) is 5.11 Å². The molecule has 0 radical (unpaired) electrons. The van der Waals surface area contributed by atoms with Gasteiger partial charge in [0, 0.05) is 18.5 Å². The maximum atomic E-state index is 10.4. The number of hydrogen-bond donors (Lipinski definition) is 1. The SMILES string of the molecule is Cc1ccc2c(c1)[C@H](O)CC1(CCCN(C)C1)O2. The first-order valence-corrected chi connectivity index (χ1v) is 6.74. The van der Waals surface area contributed by atoms with Gasteiger partial charge in [-0.25, -0.2) is 0 Å². The molecule has 0 aromatic heterocycles. The molecule has 2 aliphatic heterocycles.